The van der Waals surface area contributed by atoms with Crippen LogP contribution in [0.15, 0.2) is 195 Å². The summed E-state index contributed by atoms with van der Waals surface area (Å²) in [4.78, 5) is 4.42. The second kappa shape index (κ2) is 17.3. The maximum Gasteiger partial charge on any atom is 0.241 e. The number of benzene rings is 6. The van der Waals surface area contributed by atoms with E-state index in [0.29, 0.717) is 16.2 Å². The zero-order valence-electron chi connectivity index (χ0n) is 28.3. The van der Waals surface area contributed by atoms with Gasteiger partial charge in [-0.2, -0.15) is 0 Å². The zero-order valence-corrected chi connectivity index (χ0v) is 29.3. The van der Waals surface area contributed by atoms with Crippen molar-refractivity contribution in [1.82, 2.24) is 9.55 Å². The molecule has 7 rings (SSSR count). The molecule has 2 nitrogen and oxygen atoms in total. The lowest BCUT2D eigenvalue weighted by Crippen LogP contribution is -2.51. The number of imidazole rings is 1. The normalized spacial score (nSPS) is 11.0. The van der Waals surface area contributed by atoms with Crippen molar-refractivity contribution >= 4 is 37.8 Å². The number of hydrogen-bond donors (Lipinski definition) is 0. The van der Waals surface area contributed by atoms with Crippen LogP contribution in [0, 0.1) is 0 Å². The molecule has 4 heteroatoms. The number of nitrogens with zero attached hydrogens (tertiary/aromatic N) is 2. The topological polar surface area (TPSA) is 17.8 Å². The molecular formula is C45H43BN2Si. The van der Waals surface area contributed by atoms with Gasteiger partial charge in [0.1, 0.15) is 9.52 Å². The Morgan fingerprint density at radius 2 is 1.06 bits per heavy atom. The summed E-state index contributed by atoms with van der Waals surface area (Å²) in [5, 5.41) is 1.06. The van der Waals surface area contributed by atoms with Crippen molar-refractivity contribution in [3.05, 3.63) is 211 Å². The first-order valence-electron chi connectivity index (χ1n) is 17.4. The highest BCUT2D eigenvalue weighted by atomic mass is 28.2. The molecular weight excluding hydrogens is 607 g/mol. The summed E-state index contributed by atoms with van der Waals surface area (Å²) in [5.41, 5.74) is 8.00. The van der Waals surface area contributed by atoms with Crippen molar-refractivity contribution in [1.29, 1.82) is 0 Å². The zero-order chi connectivity index (χ0) is 33.6. The summed E-state index contributed by atoms with van der Waals surface area (Å²) in [6, 6.07) is 62.9. The van der Waals surface area contributed by atoms with E-state index in [-0.39, 0.29) is 5.16 Å². The predicted octanol–water partition coefficient (Wildman–Crippen LogP) is 7.60. The van der Waals surface area contributed by atoms with Crippen LogP contribution < -0.4 is 21.6 Å². The first-order chi connectivity index (χ1) is 24.3. The van der Waals surface area contributed by atoms with Crippen LogP contribution >= 0.6 is 0 Å². The van der Waals surface area contributed by atoms with E-state index in [4.69, 9.17) is 0 Å². The highest BCUT2D eigenvalue weighted by Crippen LogP contribution is 2.33. The molecule has 0 atom stereocenters. The van der Waals surface area contributed by atoms with E-state index in [0.717, 1.165) is 6.42 Å². The molecule has 6 aromatic carbocycles. The molecule has 7 aromatic rings. The molecule has 49 heavy (non-hydrogen) atoms. The van der Waals surface area contributed by atoms with Gasteiger partial charge < -0.3 is 4.57 Å². The van der Waals surface area contributed by atoms with Gasteiger partial charge in [0.2, 0.25) is 6.71 Å². The minimum Gasteiger partial charge on any atom is -0.326 e. The van der Waals surface area contributed by atoms with E-state index < -0.39 is 0 Å². The lowest BCUT2D eigenvalue weighted by atomic mass is 9.37. The lowest BCUT2D eigenvalue weighted by Gasteiger charge is -2.36. The van der Waals surface area contributed by atoms with Gasteiger partial charge in [-0.3, -0.25) is 0 Å². The highest BCUT2D eigenvalue weighted by Gasteiger charge is 2.37. The van der Waals surface area contributed by atoms with Crippen LogP contribution in [0.5, 0.6) is 0 Å². The van der Waals surface area contributed by atoms with Gasteiger partial charge >= 0.3 is 0 Å². The van der Waals surface area contributed by atoms with Crippen molar-refractivity contribution in [2.45, 2.75) is 37.8 Å². The Hall–Kier alpha value is -5.19. The first kappa shape index (κ1) is 33.7. The second-order valence-corrected chi connectivity index (χ2v) is 13.9. The van der Waals surface area contributed by atoms with Gasteiger partial charge in [0.05, 0.1) is 11.5 Å². The summed E-state index contributed by atoms with van der Waals surface area (Å²) in [6.45, 7) is 2.57. The van der Waals surface area contributed by atoms with Gasteiger partial charge in [-0.05, 0) is 29.5 Å². The van der Waals surface area contributed by atoms with E-state index in [1.807, 2.05) is 12.5 Å². The average Bonchev–Trinajstić information content (AvgIpc) is 3.73. The molecule has 0 fully saturated rings. The SMILES string of the molecule is CCCCCc1cccc([Si]C(c2ccccc2)(c2ccccc2)n2ccnc2)c1.c1ccc(B(c2ccccc2)c2ccccc2)cc1. The second-order valence-electron chi connectivity index (χ2n) is 12.4. The van der Waals surface area contributed by atoms with Gasteiger partial charge in [0, 0.05) is 12.4 Å². The van der Waals surface area contributed by atoms with Crippen LogP contribution in [0.1, 0.15) is 42.9 Å². The molecule has 1 aromatic heterocycles. The molecule has 0 N–H and O–H groups in total. The fourth-order valence-electron chi connectivity index (χ4n) is 6.60. The third-order valence-corrected chi connectivity index (χ3v) is 10.8. The third-order valence-electron chi connectivity index (χ3n) is 8.99. The number of aromatic nitrogens is 2. The van der Waals surface area contributed by atoms with Crippen LogP contribution in [-0.2, 0) is 11.6 Å². The lowest BCUT2D eigenvalue weighted by molar-refractivity contribution is 0.596. The predicted molar refractivity (Wildman–Crippen MR) is 210 cm³/mol. The minimum absolute atomic E-state index is 0.309. The molecule has 0 aliphatic carbocycles. The molecule has 0 saturated heterocycles. The quantitative estimate of drug-likeness (QED) is 0.0985. The molecule has 240 valence electrons. The fraction of sp³-hybridized carbons (Fsp3) is 0.133. The summed E-state index contributed by atoms with van der Waals surface area (Å²) >= 11 is 0. The Balaban J connectivity index is 0.000000188. The smallest absolute Gasteiger partial charge is 0.241 e. The molecule has 2 radical (unpaired) electrons. The van der Waals surface area contributed by atoms with Gasteiger partial charge in [-0.15, -0.1) is 0 Å². The molecule has 0 aliphatic rings. The summed E-state index contributed by atoms with van der Waals surface area (Å²) < 4.78 is 2.28. The van der Waals surface area contributed by atoms with Crippen molar-refractivity contribution in [3.8, 4) is 0 Å². The van der Waals surface area contributed by atoms with Crippen LogP contribution in [0.4, 0.5) is 0 Å². The summed E-state index contributed by atoms with van der Waals surface area (Å²) in [6.07, 6.45) is 10.9. The molecule has 1 heterocycles. The Morgan fingerprint density at radius 3 is 1.51 bits per heavy atom. The van der Waals surface area contributed by atoms with Crippen LogP contribution in [0.3, 0.4) is 0 Å². The fourth-order valence-corrected chi connectivity index (χ4v) is 8.33. The molecule has 0 spiro atoms. The van der Waals surface area contributed by atoms with Crippen molar-refractivity contribution < 1.29 is 0 Å². The Kier molecular flexibility index (Phi) is 11.9. The van der Waals surface area contributed by atoms with Gasteiger partial charge in [-0.1, -0.05) is 217 Å². The Labute approximate surface area is 295 Å². The number of hydrogen-bond acceptors (Lipinski definition) is 1. The van der Waals surface area contributed by atoms with Crippen LogP contribution in [0.2, 0.25) is 0 Å². The maximum absolute atomic E-state index is 4.42. The Morgan fingerprint density at radius 1 is 0.571 bits per heavy atom. The average molecular weight is 651 g/mol. The highest BCUT2D eigenvalue weighted by molar-refractivity contribution is 6.95. The van der Waals surface area contributed by atoms with E-state index in [9.17, 15) is 0 Å². The number of unbranched alkanes of at least 4 members (excludes halogenated alkanes) is 2. The van der Waals surface area contributed by atoms with E-state index in [1.54, 1.807) is 0 Å². The Bertz CT molecular complexity index is 1800. The maximum atomic E-state index is 4.42. The van der Waals surface area contributed by atoms with Crippen LogP contribution in [0.25, 0.3) is 0 Å². The molecule has 0 bridgehead atoms. The van der Waals surface area contributed by atoms with Crippen molar-refractivity contribution in [2.75, 3.05) is 0 Å². The number of rotatable bonds is 12. The van der Waals surface area contributed by atoms with Crippen LogP contribution in [-0.4, -0.2) is 25.8 Å². The van der Waals surface area contributed by atoms with E-state index in [1.165, 1.54) is 57.5 Å². The summed E-state index contributed by atoms with van der Waals surface area (Å²) in [5.74, 6) is 0. The molecule has 0 amide bonds. The standard InChI is InChI=1S/C27H28N2Si.C18H15B/c1-2-3-6-12-23-13-11-18-26(21-23)30-27(29-20-19-28-22-29,24-14-7-4-8-15-24)25-16-9-5-10-17-25;1-4-10-16(11-5-1)19(17-12-6-2-7-13-17)18-14-8-3-9-15-18/h4-5,7-11,13-22H,2-3,6,12H2,1H3;1-15H. The third kappa shape index (κ3) is 8.46. The largest absolute Gasteiger partial charge is 0.326 e. The van der Waals surface area contributed by atoms with Gasteiger partial charge in [-0.25, -0.2) is 4.98 Å². The summed E-state index contributed by atoms with van der Waals surface area (Å²) in [7, 11) is 0.540. The van der Waals surface area contributed by atoms with Gasteiger partial charge in [0.15, 0.2) is 0 Å². The number of aryl methyl sites for hydroxylation is 1. The van der Waals surface area contributed by atoms with E-state index >= 15 is 0 Å². The minimum atomic E-state index is -0.318. The first-order valence-corrected chi connectivity index (χ1v) is 18.4. The monoisotopic (exact) mass is 650 g/mol. The molecule has 0 unspecified atom stereocenters. The molecule has 0 saturated carbocycles. The molecule has 0 aliphatic heterocycles. The van der Waals surface area contributed by atoms with Crippen molar-refractivity contribution in [3.63, 3.8) is 0 Å². The van der Waals surface area contributed by atoms with E-state index in [2.05, 4.69) is 199 Å². The van der Waals surface area contributed by atoms with Crippen molar-refractivity contribution in [2.24, 2.45) is 0 Å². The van der Waals surface area contributed by atoms with Gasteiger partial charge in [0.25, 0.3) is 0 Å².